The lowest BCUT2D eigenvalue weighted by atomic mass is 10.2. The Balaban J connectivity index is 2.81. The summed E-state index contributed by atoms with van der Waals surface area (Å²) in [6.45, 7) is -0.182. The van der Waals surface area contributed by atoms with E-state index in [-0.39, 0.29) is 6.61 Å². The highest BCUT2D eigenvalue weighted by molar-refractivity contribution is 5.08. The van der Waals surface area contributed by atoms with E-state index >= 15 is 0 Å². The number of aliphatic hydroxyl groups is 1. The third-order valence-corrected chi connectivity index (χ3v) is 1.33. The Labute approximate surface area is 63.7 Å². The molecule has 4 heteroatoms. The van der Waals surface area contributed by atoms with Crippen molar-refractivity contribution in [3.05, 3.63) is 29.8 Å². The van der Waals surface area contributed by atoms with Crippen molar-refractivity contribution in [3.63, 3.8) is 0 Å². The van der Waals surface area contributed by atoms with Crippen LogP contribution in [0, 0.1) is 5.82 Å². The number of aliphatic hydroxyl groups excluding tert-OH is 1. The number of nitrogens with two attached hydrogens (primary N) is 1. The van der Waals surface area contributed by atoms with Crippen LogP contribution in [0.1, 0.15) is 11.7 Å². The second kappa shape index (κ2) is 3.41. The number of hydrogen-bond acceptors (Lipinski definition) is 3. The fraction of sp³-hybridized carbons (Fsp3) is 0.286. The molecule has 1 atom stereocenters. The topological polar surface area (TPSA) is 59.1 Å². The molecule has 60 valence electrons. The van der Waals surface area contributed by atoms with E-state index in [0.717, 1.165) is 6.20 Å². The lowest BCUT2D eigenvalue weighted by molar-refractivity contribution is 0.265. The highest BCUT2D eigenvalue weighted by atomic mass is 19.1. The monoisotopic (exact) mass is 156 g/mol. The standard InChI is InChI=1S/C7H9FN2O/c8-5-1-2-7(10-3-5)6(9)4-11/h1-3,6,11H,4,9H2. The van der Waals surface area contributed by atoms with Gasteiger partial charge in [-0.05, 0) is 12.1 Å². The predicted octanol–water partition coefficient (Wildman–Crippen LogP) is 0.213. The molecule has 3 N–H and O–H groups in total. The highest BCUT2D eigenvalue weighted by Crippen LogP contribution is 2.05. The van der Waals surface area contributed by atoms with E-state index in [4.69, 9.17) is 10.8 Å². The van der Waals surface area contributed by atoms with Crippen LogP contribution >= 0.6 is 0 Å². The summed E-state index contributed by atoms with van der Waals surface area (Å²) in [5.74, 6) is -0.404. The van der Waals surface area contributed by atoms with Gasteiger partial charge >= 0.3 is 0 Å². The largest absolute Gasteiger partial charge is 0.394 e. The molecule has 0 radical (unpaired) electrons. The van der Waals surface area contributed by atoms with Crippen LogP contribution in [-0.2, 0) is 0 Å². The minimum atomic E-state index is -0.518. The van der Waals surface area contributed by atoms with Gasteiger partial charge in [-0.1, -0.05) is 0 Å². The Morgan fingerprint density at radius 3 is 2.82 bits per heavy atom. The molecule has 0 saturated heterocycles. The molecular weight excluding hydrogens is 147 g/mol. The molecule has 0 aliphatic heterocycles. The first kappa shape index (κ1) is 8.10. The van der Waals surface area contributed by atoms with Gasteiger partial charge in [-0.25, -0.2) is 4.39 Å². The number of halogens is 1. The summed E-state index contributed by atoms with van der Waals surface area (Å²) in [4.78, 5) is 3.69. The second-order valence-electron chi connectivity index (χ2n) is 2.19. The Morgan fingerprint density at radius 1 is 1.64 bits per heavy atom. The Kier molecular flexibility index (Phi) is 2.51. The normalized spacial score (nSPS) is 13.0. The number of aromatic nitrogens is 1. The van der Waals surface area contributed by atoms with E-state index in [0.29, 0.717) is 5.69 Å². The Bertz CT molecular complexity index is 224. The number of rotatable bonds is 2. The Morgan fingerprint density at radius 2 is 2.36 bits per heavy atom. The summed E-state index contributed by atoms with van der Waals surface area (Å²) in [6.07, 6.45) is 1.07. The number of hydrogen-bond donors (Lipinski definition) is 2. The molecule has 0 aromatic carbocycles. The summed E-state index contributed by atoms with van der Waals surface area (Å²) in [6, 6.07) is 2.20. The molecule has 0 amide bonds. The molecule has 0 spiro atoms. The van der Waals surface area contributed by atoms with Gasteiger partial charge in [0.15, 0.2) is 0 Å². The van der Waals surface area contributed by atoms with E-state index in [2.05, 4.69) is 4.98 Å². The summed E-state index contributed by atoms with van der Waals surface area (Å²) >= 11 is 0. The smallest absolute Gasteiger partial charge is 0.141 e. The van der Waals surface area contributed by atoms with Crippen LogP contribution in [0.15, 0.2) is 18.3 Å². The third-order valence-electron chi connectivity index (χ3n) is 1.33. The molecule has 1 heterocycles. The lowest BCUT2D eigenvalue weighted by Gasteiger charge is -2.05. The average molecular weight is 156 g/mol. The van der Waals surface area contributed by atoms with Crippen LogP contribution in [-0.4, -0.2) is 16.7 Å². The minimum Gasteiger partial charge on any atom is -0.394 e. The van der Waals surface area contributed by atoms with Gasteiger partial charge in [0, 0.05) is 0 Å². The van der Waals surface area contributed by atoms with E-state index in [9.17, 15) is 4.39 Å². The zero-order valence-electron chi connectivity index (χ0n) is 5.87. The van der Waals surface area contributed by atoms with E-state index < -0.39 is 11.9 Å². The molecule has 0 aliphatic carbocycles. The molecule has 0 fully saturated rings. The maximum Gasteiger partial charge on any atom is 0.141 e. The predicted molar refractivity (Wildman–Crippen MR) is 38.2 cm³/mol. The van der Waals surface area contributed by atoms with E-state index in [1.54, 1.807) is 0 Å². The van der Waals surface area contributed by atoms with Crippen molar-refractivity contribution in [2.75, 3.05) is 6.61 Å². The molecule has 1 rings (SSSR count). The van der Waals surface area contributed by atoms with Gasteiger partial charge in [0.25, 0.3) is 0 Å². The van der Waals surface area contributed by atoms with Crippen LogP contribution in [0.4, 0.5) is 4.39 Å². The van der Waals surface area contributed by atoms with Crippen molar-refractivity contribution in [1.82, 2.24) is 4.98 Å². The van der Waals surface area contributed by atoms with Crippen molar-refractivity contribution in [2.45, 2.75) is 6.04 Å². The summed E-state index contributed by atoms with van der Waals surface area (Å²) < 4.78 is 12.3. The van der Waals surface area contributed by atoms with Crippen LogP contribution in [0.3, 0.4) is 0 Å². The van der Waals surface area contributed by atoms with Gasteiger partial charge in [-0.2, -0.15) is 0 Å². The quantitative estimate of drug-likeness (QED) is 0.643. The summed E-state index contributed by atoms with van der Waals surface area (Å²) in [5, 5.41) is 8.60. The molecule has 0 saturated carbocycles. The Hall–Kier alpha value is -1.00. The maximum absolute atomic E-state index is 12.3. The van der Waals surface area contributed by atoms with Crippen molar-refractivity contribution in [1.29, 1.82) is 0 Å². The molecule has 1 unspecified atom stereocenters. The molecular formula is C7H9FN2O. The zero-order valence-corrected chi connectivity index (χ0v) is 5.87. The average Bonchev–Trinajstić information content (AvgIpc) is 2.05. The molecule has 11 heavy (non-hydrogen) atoms. The van der Waals surface area contributed by atoms with Gasteiger partial charge in [-0.15, -0.1) is 0 Å². The first-order chi connectivity index (χ1) is 5.24. The van der Waals surface area contributed by atoms with Gasteiger partial charge in [0.1, 0.15) is 5.82 Å². The lowest BCUT2D eigenvalue weighted by Crippen LogP contribution is -2.15. The van der Waals surface area contributed by atoms with Crippen LogP contribution < -0.4 is 5.73 Å². The van der Waals surface area contributed by atoms with Gasteiger partial charge in [0.05, 0.1) is 24.5 Å². The highest BCUT2D eigenvalue weighted by Gasteiger charge is 2.04. The first-order valence-electron chi connectivity index (χ1n) is 3.22. The molecule has 0 bridgehead atoms. The fourth-order valence-electron chi connectivity index (χ4n) is 0.700. The summed E-state index contributed by atoms with van der Waals surface area (Å²) in [7, 11) is 0. The summed E-state index contributed by atoms with van der Waals surface area (Å²) in [5.41, 5.74) is 5.90. The van der Waals surface area contributed by atoms with Crippen LogP contribution in [0.2, 0.25) is 0 Å². The number of nitrogens with zero attached hydrogens (tertiary/aromatic N) is 1. The van der Waals surface area contributed by atoms with Crippen molar-refractivity contribution >= 4 is 0 Å². The van der Waals surface area contributed by atoms with Crippen molar-refractivity contribution in [3.8, 4) is 0 Å². The van der Waals surface area contributed by atoms with Gasteiger partial charge in [0.2, 0.25) is 0 Å². The molecule has 1 aromatic heterocycles. The first-order valence-corrected chi connectivity index (χ1v) is 3.22. The molecule has 3 nitrogen and oxygen atoms in total. The van der Waals surface area contributed by atoms with Crippen molar-refractivity contribution in [2.24, 2.45) is 5.73 Å². The molecule has 0 aliphatic rings. The van der Waals surface area contributed by atoms with E-state index in [1.807, 2.05) is 0 Å². The zero-order chi connectivity index (χ0) is 8.27. The fourth-order valence-corrected chi connectivity index (χ4v) is 0.700. The van der Waals surface area contributed by atoms with Crippen molar-refractivity contribution < 1.29 is 9.50 Å². The molecule has 1 aromatic rings. The maximum atomic E-state index is 12.3. The van der Waals surface area contributed by atoms with E-state index in [1.165, 1.54) is 12.1 Å². The number of pyridine rings is 1. The van der Waals surface area contributed by atoms with Gasteiger partial charge in [-0.3, -0.25) is 4.98 Å². The van der Waals surface area contributed by atoms with Crippen LogP contribution in [0.25, 0.3) is 0 Å². The minimum absolute atomic E-state index is 0.182. The SMILES string of the molecule is NC(CO)c1ccc(F)cn1. The van der Waals surface area contributed by atoms with Crippen LogP contribution in [0.5, 0.6) is 0 Å². The van der Waals surface area contributed by atoms with Gasteiger partial charge < -0.3 is 10.8 Å². The second-order valence-corrected chi connectivity index (χ2v) is 2.19. The third kappa shape index (κ3) is 1.96.